The molecule has 0 spiro atoms. The third kappa shape index (κ3) is 3.19. The Bertz CT molecular complexity index is 981. The van der Waals surface area contributed by atoms with Gasteiger partial charge in [0.05, 0.1) is 6.33 Å². The summed E-state index contributed by atoms with van der Waals surface area (Å²) in [5.41, 5.74) is 1.93. The van der Waals surface area contributed by atoms with Crippen LogP contribution in [0, 0.1) is 11.8 Å². The van der Waals surface area contributed by atoms with Gasteiger partial charge in [-0.2, -0.15) is 4.98 Å². The Hall–Kier alpha value is -1.79. The highest BCUT2D eigenvalue weighted by atomic mass is 35.5. The summed E-state index contributed by atoms with van der Waals surface area (Å²) in [6.45, 7) is 2.07. The molecular formula is C23H29ClN6. The van der Waals surface area contributed by atoms with Crippen molar-refractivity contribution in [3.63, 3.8) is 0 Å². The molecule has 2 aliphatic heterocycles. The van der Waals surface area contributed by atoms with Gasteiger partial charge in [-0.1, -0.05) is 25.7 Å². The highest BCUT2D eigenvalue weighted by Gasteiger charge is 2.43. The van der Waals surface area contributed by atoms with Crippen LogP contribution in [0.15, 0.2) is 23.5 Å². The van der Waals surface area contributed by atoms with Crippen LogP contribution in [-0.4, -0.2) is 43.7 Å². The quantitative estimate of drug-likeness (QED) is 0.640. The maximum atomic E-state index is 6.47. The number of hydrogen-bond acceptors (Lipinski definition) is 5. The third-order valence-electron chi connectivity index (χ3n) is 7.61. The number of rotatable bonds is 5. The van der Waals surface area contributed by atoms with Gasteiger partial charge in [0.25, 0.3) is 0 Å². The molecule has 3 fully saturated rings. The van der Waals surface area contributed by atoms with Crippen molar-refractivity contribution < 1.29 is 0 Å². The Morgan fingerprint density at radius 2 is 1.77 bits per heavy atom. The summed E-state index contributed by atoms with van der Waals surface area (Å²) in [5, 5.41) is 0.288. The lowest BCUT2D eigenvalue weighted by Crippen LogP contribution is -2.47. The van der Waals surface area contributed by atoms with Crippen LogP contribution in [0.3, 0.4) is 0 Å². The van der Waals surface area contributed by atoms with Crippen molar-refractivity contribution in [2.45, 2.75) is 69.5 Å². The first-order valence-corrected chi connectivity index (χ1v) is 12.0. The lowest BCUT2D eigenvalue weighted by atomic mass is 9.89. The molecular weight excluding hydrogens is 396 g/mol. The lowest BCUT2D eigenvalue weighted by molar-refractivity contribution is 0.0830. The van der Waals surface area contributed by atoms with Crippen molar-refractivity contribution in [2.24, 2.45) is 16.8 Å². The summed E-state index contributed by atoms with van der Waals surface area (Å²) < 4.78 is 2.22. The van der Waals surface area contributed by atoms with Gasteiger partial charge in [-0.25, -0.2) is 9.97 Å². The first-order chi connectivity index (χ1) is 14.7. The summed E-state index contributed by atoms with van der Waals surface area (Å²) in [6.07, 6.45) is 19.7. The van der Waals surface area contributed by atoms with Crippen molar-refractivity contribution >= 4 is 29.0 Å². The van der Waals surface area contributed by atoms with Gasteiger partial charge >= 0.3 is 0 Å². The van der Waals surface area contributed by atoms with Gasteiger partial charge in [0.15, 0.2) is 11.3 Å². The summed E-state index contributed by atoms with van der Waals surface area (Å²) in [7, 11) is 0. The first kappa shape index (κ1) is 18.9. The number of aliphatic imine (C=N–C) groups is 1. The highest BCUT2D eigenvalue weighted by Crippen LogP contribution is 2.43. The third-order valence-corrected chi connectivity index (χ3v) is 7.78. The van der Waals surface area contributed by atoms with Gasteiger partial charge in [0.1, 0.15) is 11.2 Å². The van der Waals surface area contributed by atoms with Crippen LogP contribution in [0.2, 0.25) is 5.28 Å². The molecule has 0 amide bonds. The predicted molar refractivity (Wildman–Crippen MR) is 119 cm³/mol. The van der Waals surface area contributed by atoms with E-state index in [-0.39, 0.29) is 5.28 Å². The number of allylic oxidation sites excluding steroid dienone is 1. The lowest BCUT2D eigenvalue weighted by Gasteiger charge is -2.41. The fraction of sp³-hybridized carbons (Fsp3) is 0.652. The average Bonchev–Trinajstić information content (AvgIpc) is 3.19. The normalized spacial score (nSPS) is 28.3. The van der Waals surface area contributed by atoms with Crippen molar-refractivity contribution in [1.29, 1.82) is 0 Å². The van der Waals surface area contributed by atoms with Gasteiger partial charge < -0.3 is 4.57 Å². The van der Waals surface area contributed by atoms with Gasteiger partial charge in [0, 0.05) is 25.3 Å². The Morgan fingerprint density at radius 3 is 2.47 bits per heavy atom. The zero-order valence-corrected chi connectivity index (χ0v) is 18.1. The van der Waals surface area contributed by atoms with Gasteiger partial charge in [-0.3, -0.25) is 9.89 Å². The molecule has 0 N–H and O–H groups in total. The number of halogens is 1. The topological polar surface area (TPSA) is 59.2 Å². The van der Waals surface area contributed by atoms with Crippen molar-refractivity contribution in [3.8, 4) is 0 Å². The standard InChI is InChI=1S/C23H29ClN6/c24-22-27-20(19-21(28-22)30(15-25-19)18-4-1-2-5-18)23(10-3-11-26-23)29-12-8-17(9-13-29)14-16-6-7-16/h3,10-11,15-18H,1-2,4-9,12-14H2. The van der Waals surface area contributed by atoms with Crippen molar-refractivity contribution in [2.75, 3.05) is 13.1 Å². The monoisotopic (exact) mass is 424 g/mol. The van der Waals surface area contributed by atoms with Crippen LogP contribution < -0.4 is 0 Å². The van der Waals surface area contributed by atoms with Crippen LogP contribution in [0.25, 0.3) is 11.2 Å². The summed E-state index contributed by atoms with van der Waals surface area (Å²) in [4.78, 5) is 21.5. The number of nitrogens with zero attached hydrogens (tertiary/aromatic N) is 6. The second kappa shape index (κ2) is 7.41. The van der Waals surface area contributed by atoms with Gasteiger partial charge in [-0.15, -0.1) is 0 Å². The summed E-state index contributed by atoms with van der Waals surface area (Å²) in [5.74, 6) is 1.86. The van der Waals surface area contributed by atoms with Crippen molar-refractivity contribution in [3.05, 3.63) is 29.5 Å². The smallest absolute Gasteiger partial charge is 0.224 e. The van der Waals surface area contributed by atoms with Gasteiger partial charge in [0.2, 0.25) is 5.28 Å². The van der Waals surface area contributed by atoms with Crippen LogP contribution in [-0.2, 0) is 5.66 Å². The molecule has 4 aliphatic rings. The summed E-state index contributed by atoms with van der Waals surface area (Å²) >= 11 is 6.47. The molecule has 0 aromatic carbocycles. The predicted octanol–water partition coefficient (Wildman–Crippen LogP) is 4.90. The SMILES string of the molecule is Clc1nc(C2(N3CCC(CC4CC4)CC3)C=CC=N2)c2ncn(C3CCCC3)c2n1. The molecule has 2 aliphatic carbocycles. The second-order valence-corrected chi connectivity index (χ2v) is 9.91. The molecule has 1 unspecified atom stereocenters. The van der Waals surface area contributed by atoms with Crippen LogP contribution in [0.5, 0.6) is 0 Å². The Labute approximate surface area is 182 Å². The van der Waals surface area contributed by atoms with E-state index in [4.69, 9.17) is 26.6 Å². The van der Waals surface area contributed by atoms with E-state index in [1.807, 2.05) is 18.6 Å². The number of hydrogen-bond donors (Lipinski definition) is 0. The van der Waals surface area contributed by atoms with E-state index < -0.39 is 5.66 Å². The van der Waals surface area contributed by atoms with E-state index in [0.717, 1.165) is 41.8 Å². The van der Waals surface area contributed by atoms with Crippen LogP contribution >= 0.6 is 11.6 Å². The molecule has 7 heteroatoms. The summed E-state index contributed by atoms with van der Waals surface area (Å²) in [6, 6.07) is 0.463. The maximum Gasteiger partial charge on any atom is 0.224 e. The van der Waals surface area contributed by atoms with E-state index >= 15 is 0 Å². The van der Waals surface area contributed by atoms with E-state index in [1.165, 1.54) is 57.8 Å². The van der Waals surface area contributed by atoms with E-state index in [0.29, 0.717) is 6.04 Å². The minimum atomic E-state index is -0.607. The highest BCUT2D eigenvalue weighted by molar-refractivity contribution is 6.28. The van der Waals surface area contributed by atoms with E-state index in [2.05, 4.69) is 20.5 Å². The molecule has 30 heavy (non-hydrogen) atoms. The zero-order valence-electron chi connectivity index (χ0n) is 17.4. The number of fused-ring (bicyclic) bond motifs is 1. The Morgan fingerprint density at radius 1 is 1.00 bits per heavy atom. The average molecular weight is 425 g/mol. The van der Waals surface area contributed by atoms with E-state index in [9.17, 15) is 0 Å². The Balaban J connectivity index is 1.37. The molecule has 2 aromatic rings. The number of likely N-dealkylation sites (tertiary alicyclic amines) is 1. The Kier molecular flexibility index (Phi) is 4.68. The molecule has 1 atom stereocenters. The molecule has 6 rings (SSSR count). The minimum Gasteiger partial charge on any atom is -0.312 e. The molecule has 2 aromatic heterocycles. The molecule has 158 valence electrons. The second-order valence-electron chi connectivity index (χ2n) is 9.58. The van der Waals surface area contributed by atoms with Gasteiger partial charge in [-0.05, 0) is 67.7 Å². The van der Waals surface area contributed by atoms with E-state index in [1.54, 1.807) is 0 Å². The molecule has 2 saturated carbocycles. The van der Waals surface area contributed by atoms with Crippen molar-refractivity contribution in [1.82, 2.24) is 24.4 Å². The minimum absolute atomic E-state index is 0.288. The fourth-order valence-electron chi connectivity index (χ4n) is 5.78. The first-order valence-electron chi connectivity index (χ1n) is 11.6. The fourth-order valence-corrected chi connectivity index (χ4v) is 5.95. The van der Waals surface area contributed by atoms with Crippen LogP contribution in [0.4, 0.5) is 0 Å². The van der Waals surface area contributed by atoms with Crippen LogP contribution in [0.1, 0.15) is 69.5 Å². The molecule has 0 bridgehead atoms. The number of imidazole rings is 1. The molecule has 0 radical (unpaired) electrons. The molecule has 6 nitrogen and oxygen atoms in total. The maximum absolute atomic E-state index is 6.47. The zero-order chi connectivity index (χ0) is 20.1. The largest absolute Gasteiger partial charge is 0.312 e. The number of aromatic nitrogens is 4. The molecule has 4 heterocycles. The number of piperidine rings is 1. The molecule has 1 saturated heterocycles.